The second-order valence-electron chi connectivity index (χ2n) is 6.28. The minimum atomic E-state index is -4.57. The number of benzene rings is 1. The fourth-order valence-electron chi connectivity index (χ4n) is 2.99. The first-order valence-electron chi connectivity index (χ1n) is 8.48. The predicted molar refractivity (Wildman–Crippen MR) is 91.9 cm³/mol. The number of aliphatic hydroxyl groups is 1. The van der Waals surface area contributed by atoms with Gasteiger partial charge in [0.2, 0.25) is 0 Å². The van der Waals surface area contributed by atoms with Crippen LogP contribution in [0.3, 0.4) is 0 Å². The Kier molecular flexibility index (Phi) is 6.01. The maximum atomic E-state index is 13.0. The SMILES string of the molecule is COCOc1cc(C(F)(F)F)ccc1-c1cncn(C2COCCC2O)c1=O. The molecule has 1 aromatic heterocycles. The van der Waals surface area contributed by atoms with E-state index in [0.29, 0.717) is 13.0 Å². The molecule has 1 fully saturated rings. The summed E-state index contributed by atoms with van der Waals surface area (Å²) in [5.74, 6) is -0.159. The van der Waals surface area contributed by atoms with Crippen molar-refractivity contribution in [3.8, 4) is 16.9 Å². The number of alkyl halides is 3. The zero-order valence-electron chi connectivity index (χ0n) is 15.0. The van der Waals surface area contributed by atoms with E-state index in [2.05, 4.69) is 4.98 Å². The highest BCUT2D eigenvalue weighted by Crippen LogP contribution is 2.36. The van der Waals surface area contributed by atoms with E-state index in [1.165, 1.54) is 24.2 Å². The standard InChI is InChI=1S/C18H19F3N2O5/c1-26-10-28-16-6-11(18(19,20)21)2-3-12(16)13-7-22-9-23(17(13)25)14-8-27-5-4-15(14)24/h2-3,6-7,9,14-15,24H,4-5,8,10H2,1H3. The van der Waals surface area contributed by atoms with Crippen molar-refractivity contribution < 1.29 is 32.5 Å². The third-order valence-corrected chi connectivity index (χ3v) is 4.44. The molecule has 10 heteroatoms. The van der Waals surface area contributed by atoms with Gasteiger partial charge in [0.1, 0.15) is 5.75 Å². The molecule has 0 spiro atoms. The summed E-state index contributed by atoms with van der Waals surface area (Å²) in [5.41, 5.74) is -1.25. The molecule has 1 saturated heterocycles. The molecule has 28 heavy (non-hydrogen) atoms. The van der Waals surface area contributed by atoms with Crippen molar-refractivity contribution >= 4 is 0 Å². The molecule has 2 unspecified atom stereocenters. The predicted octanol–water partition coefficient (Wildman–Crippen LogP) is 2.23. The van der Waals surface area contributed by atoms with Crippen LogP contribution in [0.2, 0.25) is 0 Å². The van der Waals surface area contributed by atoms with Crippen molar-refractivity contribution in [3.05, 3.63) is 46.6 Å². The molecular weight excluding hydrogens is 381 g/mol. The third kappa shape index (κ3) is 4.18. The van der Waals surface area contributed by atoms with E-state index >= 15 is 0 Å². The molecule has 0 aliphatic carbocycles. The smallest absolute Gasteiger partial charge is 0.416 e. The van der Waals surface area contributed by atoms with Crippen LogP contribution in [0, 0.1) is 0 Å². The highest BCUT2D eigenvalue weighted by molar-refractivity contribution is 5.69. The quantitative estimate of drug-likeness (QED) is 0.776. The van der Waals surface area contributed by atoms with Crippen LogP contribution in [-0.4, -0.2) is 47.9 Å². The molecule has 0 radical (unpaired) electrons. The van der Waals surface area contributed by atoms with Crippen LogP contribution in [-0.2, 0) is 15.7 Å². The fourth-order valence-corrected chi connectivity index (χ4v) is 2.99. The third-order valence-electron chi connectivity index (χ3n) is 4.44. The summed E-state index contributed by atoms with van der Waals surface area (Å²) in [6.07, 6.45) is -2.47. The lowest BCUT2D eigenvalue weighted by Gasteiger charge is -2.29. The minimum Gasteiger partial charge on any atom is -0.467 e. The zero-order chi connectivity index (χ0) is 20.3. The summed E-state index contributed by atoms with van der Waals surface area (Å²) in [5, 5.41) is 10.2. The average molecular weight is 400 g/mol. The lowest BCUT2D eigenvalue weighted by molar-refractivity contribution is -0.137. The first kappa shape index (κ1) is 20.3. The normalized spacial score (nSPS) is 20.2. The van der Waals surface area contributed by atoms with Gasteiger partial charge >= 0.3 is 6.18 Å². The second kappa shape index (κ2) is 8.29. The summed E-state index contributed by atoms with van der Waals surface area (Å²) in [7, 11) is 1.33. The fraction of sp³-hybridized carbons (Fsp3) is 0.444. The molecule has 3 rings (SSSR count). The monoisotopic (exact) mass is 400 g/mol. The van der Waals surface area contributed by atoms with Gasteiger partial charge in [0.15, 0.2) is 6.79 Å². The van der Waals surface area contributed by atoms with Crippen molar-refractivity contribution in [1.82, 2.24) is 9.55 Å². The van der Waals surface area contributed by atoms with Crippen LogP contribution >= 0.6 is 0 Å². The molecule has 0 saturated carbocycles. The number of rotatable bonds is 5. The highest BCUT2D eigenvalue weighted by Gasteiger charge is 2.32. The van der Waals surface area contributed by atoms with Gasteiger partial charge in [-0.15, -0.1) is 0 Å². The topological polar surface area (TPSA) is 82.8 Å². The van der Waals surface area contributed by atoms with E-state index in [9.17, 15) is 23.1 Å². The Morgan fingerprint density at radius 3 is 2.82 bits per heavy atom. The summed E-state index contributed by atoms with van der Waals surface area (Å²) in [4.78, 5) is 17.0. The number of aliphatic hydroxyl groups excluding tert-OH is 1. The van der Waals surface area contributed by atoms with Gasteiger partial charge in [0, 0.05) is 25.5 Å². The minimum absolute atomic E-state index is 0.0418. The van der Waals surface area contributed by atoms with E-state index in [1.807, 2.05) is 0 Å². The Hall–Kier alpha value is -2.43. The number of hydrogen-bond acceptors (Lipinski definition) is 6. The Bertz CT molecular complexity index is 884. The van der Waals surface area contributed by atoms with Crippen LogP contribution < -0.4 is 10.3 Å². The van der Waals surface area contributed by atoms with E-state index in [4.69, 9.17) is 14.2 Å². The van der Waals surface area contributed by atoms with Crippen molar-refractivity contribution in [3.63, 3.8) is 0 Å². The Morgan fingerprint density at radius 2 is 2.14 bits per heavy atom. The van der Waals surface area contributed by atoms with Gasteiger partial charge in [-0.05, 0) is 24.6 Å². The maximum absolute atomic E-state index is 13.0. The summed E-state index contributed by atoms with van der Waals surface area (Å²) < 4.78 is 55.7. The van der Waals surface area contributed by atoms with E-state index in [0.717, 1.165) is 18.2 Å². The van der Waals surface area contributed by atoms with Crippen LogP contribution in [0.5, 0.6) is 5.75 Å². The molecular formula is C18H19F3N2O5. The molecule has 7 nitrogen and oxygen atoms in total. The summed E-state index contributed by atoms with van der Waals surface area (Å²) in [6, 6.07) is 2.20. The van der Waals surface area contributed by atoms with Gasteiger partial charge in [-0.1, -0.05) is 0 Å². The highest BCUT2D eigenvalue weighted by atomic mass is 19.4. The van der Waals surface area contributed by atoms with Crippen molar-refractivity contribution in [1.29, 1.82) is 0 Å². The molecule has 0 amide bonds. The van der Waals surface area contributed by atoms with Crippen LogP contribution in [0.1, 0.15) is 18.0 Å². The number of aromatic nitrogens is 2. The van der Waals surface area contributed by atoms with E-state index in [1.54, 1.807) is 0 Å². The molecule has 1 aliphatic heterocycles. The number of methoxy groups -OCH3 is 1. The maximum Gasteiger partial charge on any atom is 0.416 e. The summed E-state index contributed by atoms with van der Waals surface area (Å²) in [6.45, 7) is 0.220. The van der Waals surface area contributed by atoms with Gasteiger partial charge in [-0.2, -0.15) is 13.2 Å². The van der Waals surface area contributed by atoms with Gasteiger partial charge in [0.05, 0.1) is 36.2 Å². The zero-order valence-corrected chi connectivity index (χ0v) is 15.0. The molecule has 2 aromatic rings. The lowest BCUT2D eigenvalue weighted by atomic mass is 10.0. The number of ether oxygens (including phenoxy) is 3. The van der Waals surface area contributed by atoms with Crippen LogP contribution in [0.25, 0.3) is 11.1 Å². The van der Waals surface area contributed by atoms with Crippen LogP contribution in [0.15, 0.2) is 35.5 Å². The largest absolute Gasteiger partial charge is 0.467 e. The molecule has 1 N–H and O–H groups in total. The van der Waals surface area contributed by atoms with Crippen molar-refractivity contribution in [2.75, 3.05) is 27.1 Å². The first-order valence-corrected chi connectivity index (χ1v) is 8.48. The van der Waals surface area contributed by atoms with E-state index in [-0.39, 0.29) is 30.3 Å². The summed E-state index contributed by atoms with van der Waals surface area (Å²) >= 11 is 0. The molecule has 1 aromatic carbocycles. The Balaban J connectivity index is 2.07. The first-order chi connectivity index (χ1) is 13.3. The molecule has 1 aliphatic rings. The van der Waals surface area contributed by atoms with Gasteiger partial charge in [-0.3, -0.25) is 9.36 Å². The number of nitrogens with zero attached hydrogens (tertiary/aromatic N) is 2. The molecule has 0 bridgehead atoms. The Labute approximate surface area is 158 Å². The molecule has 152 valence electrons. The van der Waals surface area contributed by atoms with Crippen molar-refractivity contribution in [2.24, 2.45) is 0 Å². The lowest BCUT2D eigenvalue weighted by Crippen LogP contribution is -2.39. The van der Waals surface area contributed by atoms with E-state index < -0.39 is 29.4 Å². The molecule has 2 atom stereocenters. The number of hydrogen-bond donors (Lipinski definition) is 1. The van der Waals surface area contributed by atoms with Gasteiger partial charge in [0.25, 0.3) is 5.56 Å². The molecule has 2 heterocycles. The van der Waals surface area contributed by atoms with Crippen molar-refractivity contribution in [2.45, 2.75) is 24.7 Å². The van der Waals surface area contributed by atoms with Gasteiger partial charge in [-0.25, -0.2) is 4.98 Å². The van der Waals surface area contributed by atoms with Gasteiger partial charge < -0.3 is 19.3 Å². The average Bonchev–Trinajstić information content (AvgIpc) is 2.66. The Morgan fingerprint density at radius 1 is 1.36 bits per heavy atom. The second-order valence-corrected chi connectivity index (χ2v) is 6.28. The van der Waals surface area contributed by atoms with Crippen LogP contribution in [0.4, 0.5) is 13.2 Å². The number of halogens is 3.